The van der Waals surface area contributed by atoms with E-state index in [4.69, 9.17) is 25.0 Å². The van der Waals surface area contributed by atoms with Gasteiger partial charge in [0, 0.05) is 12.8 Å². The summed E-state index contributed by atoms with van der Waals surface area (Å²) in [5, 5.41) is 48.3. The second kappa shape index (κ2) is 37.1. The molecule has 0 amide bonds. The van der Waals surface area contributed by atoms with E-state index in [1.165, 1.54) is 103 Å². The van der Waals surface area contributed by atoms with Crippen LogP contribution in [0.1, 0.15) is 195 Å². The normalized spacial score (nSPS) is 16.4. The van der Waals surface area contributed by atoms with E-state index >= 15 is 0 Å². The molecule has 0 fully saturated rings. The second-order valence-corrected chi connectivity index (χ2v) is 16.4. The van der Waals surface area contributed by atoms with E-state index in [2.05, 4.69) is 13.8 Å². The molecule has 0 radical (unpaired) electrons. The summed E-state index contributed by atoms with van der Waals surface area (Å²) in [5.41, 5.74) is 0. The van der Waals surface area contributed by atoms with Gasteiger partial charge in [-0.1, -0.05) is 168 Å². The van der Waals surface area contributed by atoms with E-state index in [1.54, 1.807) is 0 Å². The van der Waals surface area contributed by atoms with Gasteiger partial charge in [0.1, 0.15) is 31.0 Å². The molecule has 55 heavy (non-hydrogen) atoms. The van der Waals surface area contributed by atoms with Crippen molar-refractivity contribution in [2.24, 2.45) is 0 Å². The zero-order valence-corrected chi connectivity index (χ0v) is 35.3. The molecule has 0 aliphatic carbocycles. The number of aliphatic hydroxyl groups excluding tert-OH is 5. The topological polar surface area (TPSA) is 210 Å². The minimum absolute atomic E-state index is 0.0189. The van der Waals surface area contributed by atoms with Crippen LogP contribution in [-0.4, -0.2) is 99.3 Å². The van der Waals surface area contributed by atoms with E-state index in [9.17, 15) is 39.5 Å². The van der Waals surface area contributed by atoms with Gasteiger partial charge in [0.2, 0.25) is 0 Å². The highest BCUT2D eigenvalue weighted by Gasteiger charge is 2.37. The van der Waals surface area contributed by atoms with Crippen LogP contribution in [0, 0.1) is 0 Å². The van der Waals surface area contributed by atoms with Gasteiger partial charge in [0.05, 0.1) is 21.2 Å². The summed E-state index contributed by atoms with van der Waals surface area (Å²) >= 11 is 0. The molecule has 0 spiro atoms. The number of hydrogen-bond acceptors (Lipinski definition) is 12. The minimum Gasteiger partial charge on any atom is -0.462 e. The molecule has 0 aromatic heterocycles. The predicted octanol–water partition coefficient (Wildman–Crippen LogP) is 7.97. The average Bonchev–Trinajstić information content (AvgIpc) is 3.18. The van der Waals surface area contributed by atoms with E-state index in [-0.39, 0.29) is 12.8 Å². The number of carbonyl (C=O) groups excluding carboxylic acids is 2. The zero-order chi connectivity index (χ0) is 41.9. The van der Waals surface area contributed by atoms with E-state index in [1.807, 2.05) is 0 Å². The lowest BCUT2D eigenvalue weighted by Gasteiger charge is -2.28. The van der Waals surface area contributed by atoms with Crippen molar-refractivity contribution in [1.82, 2.24) is 0 Å². The number of hydrogen-bond donors (Lipinski definition) is 6. The number of ether oxygens (including phenoxy) is 2. The third-order valence-corrected chi connectivity index (χ3v) is 10.8. The fourth-order valence-corrected chi connectivity index (χ4v) is 7.17. The standard InChI is InChI=1S/C41H81O13P/c1-3-5-7-9-11-13-15-17-19-21-23-25-27-29-38(45)51-33-35(34-52-55(49,50)54-37(32-43)41(48)40(47)36(44)31-42)53-39(46)30-28-26-24-22-20-18-16-14-12-10-8-6-4-2/h35-37,40-44,47-48H,3-34H2,1-2H3,(H,49,50)/t35-,36-,37-,40-,41-/m1/s1/i33D/t33?,35-,36-,37-,40-,41-. The van der Waals surface area contributed by atoms with E-state index in [0.717, 1.165) is 51.4 Å². The summed E-state index contributed by atoms with van der Waals surface area (Å²) in [6, 6.07) is 0. The van der Waals surface area contributed by atoms with Crippen molar-refractivity contribution in [1.29, 1.82) is 0 Å². The molecule has 14 heteroatoms. The quantitative estimate of drug-likeness (QED) is 0.0197. The maximum Gasteiger partial charge on any atom is 0.472 e. The first-order valence-corrected chi connectivity index (χ1v) is 23.1. The lowest BCUT2D eigenvalue weighted by molar-refractivity contribution is -0.161. The fraction of sp³-hybridized carbons (Fsp3) is 0.951. The zero-order valence-electron chi connectivity index (χ0n) is 35.4. The van der Waals surface area contributed by atoms with Gasteiger partial charge in [-0.25, -0.2) is 4.57 Å². The third-order valence-electron chi connectivity index (χ3n) is 9.77. The molecule has 0 aliphatic heterocycles. The minimum atomic E-state index is -5.15. The van der Waals surface area contributed by atoms with Crippen LogP contribution in [-0.2, 0) is 32.7 Å². The molecular weight excluding hydrogens is 731 g/mol. The van der Waals surface area contributed by atoms with Crippen molar-refractivity contribution in [3.05, 3.63) is 0 Å². The van der Waals surface area contributed by atoms with Crippen LogP contribution < -0.4 is 0 Å². The molecular formula is C41H81O13P. The Morgan fingerprint density at radius 2 is 0.964 bits per heavy atom. The molecule has 2 unspecified atom stereocenters. The Labute approximate surface area is 334 Å². The monoisotopic (exact) mass is 814 g/mol. The third kappa shape index (κ3) is 32.5. The smallest absolute Gasteiger partial charge is 0.462 e. The number of phosphoric acid groups is 1. The number of carbonyl (C=O) groups is 2. The van der Waals surface area contributed by atoms with Crippen LogP contribution in [0.25, 0.3) is 0 Å². The van der Waals surface area contributed by atoms with Crippen molar-refractivity contribution < 1.29 is 64.5 Å². The Kier molecular flexibility index (Phi) is 35.0. The highest BCUT2D eigenvalue weighted by atomic mass is 31.2. The summed E-state index contributed by atoms with van der Waals surface area (Å²) in [4.78, 5) is 35.6. The summed E-state index contributed by atoms with van der Waals surface area (Å²) < 4.78 is 41.5. The molecule has 0 aromatic carbocycles. The van der Waals surface area contributed by atoms with Crippen LogP contribution in [0.2, 0.25) is 0 Å². The molecule has 0 aromatic rings. The van der Waals surface area contributed by atoms with Gasteiger partial charge in [-0.05, 0) is 12.8 Å². The first-order chi connectivity index (χ1) is 26.9. The molecule has 0 bridgehead atoms. The molecule has 0 saturated heterocycles. The lowest BCUT2D eigenvalue weighted by atomic mass is 10.0. The molecule has 328 valence electrons. The molecule has 0 saturated carbocycles. The first kappa shape index (κ1) is 51.9. The molecule has 6 N–H and O–H groups in total. The maximum atomic E-state index is 12.8. The molecule has 0 rings (SSSR count). The van der Waals surface area contributed by atoms with Crippen LogP contribution >= 0.6 is 7.82 Å². The van der Waals surface area contributed by atoms with Gasteiger partial charge < -0.3 is 39.9 Å². The van der Waals surface area contributed by atoms with E-state index in [0.29, 0.717) is 12.8 Å². The number of unbranched alkanes of at least 4 members (excludes halogenated alkanes) is 24. The van der Waals surface area contributed by atoms with Gasteiger partial charge in [0.25, 0.3) is 0 Å². The summed E-state index contributed by atoms with van der Waals surface area (Å²) in [6.45, 7) is -0.292. The Balaban J connectivity index is 4.88. The van der Waals surface area contributed by atoms with Crippen molar-refractivity contribution in [2.45, 2.75) is 224 Å². The molecule has 0 heterocycles. The number of phosphoric ester groups is 1. The van der Waals surface area contributed by atoms with Crippen LogP contribution in [0.15, 0.2) is 0 Å². The SMILES string of the molecule is [2H]C(OC(=O)CCCCCCCCCCCCCCC)[C@H](COP(=O)(O)O[C@H](CO)[C@@H](O)[C@H](O)[C@H](O)CO)OC(=O)CCCCCCCCCCCCCCC. The van der Waals surface area contributed by atoms with E-state index < -0.39 is 76.7 Å². The summed E-state index contributed by atoms with van der Waals surface area (Å²) in [5.74, 6) is -1.39. The molecule has 7 atom stereocenters. The highest BCUT2D eigenvalue weighted by Crippen LogP contribution is 2.45. The van der Waals surface area contributed by atoms with Crippen LogP contribution in [0.4, 0.5) is 0 Å². The predicted molar refractivity (Wildman–Crippen MR) is 214 cm³/mol. The van der Waals surface area contributed by atoms with Crippen LogP contribution in [0.3, 0.4) is 0 Å². The Morgan fingerprint density at radius 3 is 1.35 bits per heavy atom. The van der Waals surface area contributed by atoms with Crippen molar-refractivity contribution in [2.75, 3.05) is 26.4 Å². The van der Waals surface area contributed by atoms with Crippen molar-refractivity contribution >= 4 is 19.8 Å². The maximum absolute atomic E-state index is 12.8. The van der Waals surface area contributed by atoms with Gasteiger partial charge in [-0.2, -0.15) is 0 Å². The van der Waals surface area contributed by atoms with Gasteiger partial charge >= 0.3 is 19.8 Å². The fourth-order valence-electron chi connectivity index (χ4n) is 6.24. The summed E-state index contributed by atoms with van der Waals surface area (Å²) in [6.07, 6.45) is 20.1. The largest absolute Gasteiger partial charge is 0.472 e. The number of esters is 2. The second-order valence-electron chi connectivity index (χ2n) is 15.0. The Bertz CT molecular complexity index is 978. The molecule has 13 nitrogen and oxygen atoms in total. The number of aliphatic hydroxyl groups is 5. The first-order valence-electron chi connectivity index (χ1n) is 22.2. The Morgan fingerprint density at radius 1 is 0.582 bits per heavy atom. The van der Waals surface area contributed by atoms with Crippen LogP contribution in [0.5, 0.6) is 0 Å². The van der Waals surface area contributed by atoms with Crippen molar-refractivity contribution in [3.8, 4) is 0 Å². The average molecular weight is 814 g/mol. The lowest BCUT2D eigenvalue weighted by Crippen LogP contribution is -2.47. The Hall–Kier alpha value is -1.15. The van der Waals surface area contributed by atoms with Gasteiger partial charge in [-0.3, -0.25) is 18.6 Å². The highest BCUT2D eigenvalue weighted by molar-refractivity contribution is 7.47. The van der Waals surface area contributed by atoms with Gasteiger partial charge in [0.15, 0.2) is 6.10 Å². The summed E-state index contributed by atoms with van der Waals surface area (Å²) in [7, 11) is -5.15. The molecule has 0 aliphatic rings. The number of rotatable bonds is 41. The van der Waals surface area contributed by atoms with Crippen molar-refractivity contribution in [3.63, 3.8) is 0 Å². The van der Waals surface area contributed by atoms with Gasteiger partial charge in [-0.15, -0.1) is 0 Å².